The van der Waals surface area contributed by atoms with Crippen molar-refractivity contribution >= 4 is 19.8 Å². The number of allylic oxidation sites excluding steroid dienone is 2. The molecule has 0 saturated heterocycles. The van der Waals surface area contributed by atoms with Crippen LogP contribution in [0.2, 0.25) is 0 Å². The van der Waals surface area contributed by atoms with Crippen LogP contribution in [-0.2, 0) is 32.7 Å². The van der Waals surface area contributed by atoms with Gasteiger partial charge in [0.1, 0.15) is 19.8 Å². The summed E-state index contributed by atoms with van der Waals surface area (Å²) in [4.78, 5) is 37.9. The molecule has 9 nitrogen and oxygen atoms in total. The number of likely N-dealkylation sites (N-methyl/N-ethyl adjacent to an activating group) is 1. The molecule has 0 aliphatic carbocycles. The summed E-state index contributed by atoms with van der Waals surface area (Å²) in [5.74, 6) is -0.810. The average molecular weight is 1050 g/mol. The summed E-state index contributed by atoms with van der Waals surface area (Å²) in [6, 6.07) is 0. The number of carbonyl (C=O) groups is 2. The molecule has 0 fully saturated rings. The Morgan fingerprint density at radius 3 is 1.01 bits per heavy atom. The summed E-state index contributed by atoms with van der Waals surface area (Å²) in [5.41, 5.74) is 0. The van der Waals surface area contributed by atoms with Crippen LogP contribution >= 0.6 is 7.82 Å². The molecule has 73 heavy (non-hydrogen) atoms. The maximum atomic E-state index is 12.8. The van der Waals surface area contributed by atoms with Crippen molar-refractivity contribution in [3.63, 3.8) is 0 Å². The zero-order chi connectivity index (χ0) is 53.5. The summed E-state index contributed by atoms with van der Waals surface area (Å²) in [7, 11) is 1.19. The Kier molecular flexibility index (Phi) is 54.6. The second-order valence-corrected chi connectivity index (χ2v) is 24.5. The van der Waals surface area contributed by atoms with Crippen molar-refractivity contribution in [3.8, 4) is 0 Å². The van der Waals surface area contributed by atoms with Crippen molar-refractivity contribution in [2.45, 2.75) is 335 Å². The molecule has 0 bridgehead atoms. The van der Waals surface area contributed by atoms with Crippen LogP contribution in [-0.4, -0.2) is 70.0 Å². The molecular formula is C63H124NO8P. The number of rotatable bonds is 60. The van der Waals surface area contributed by atoms with E-state index in [-0.39, 0.29) is 32.0 Å². The molecule has 0 aliphatic rings. The smallest absolute Gasteiger partial charge is 0.306 e. The molecule has 2 atom stereocenters. The summed E-state index contributed by atoms with van der Waals surface area (Å²) in [6.45, 7) is 4.31. The van der Waals surface area contributed by atoms with Crippen LogP contribution in [0.3, 0.4) is 0 Å². The average Bonchev–Trinajstić information content (AvgIpc) is 3.35. The van der Waals surface area contributed by atoms with Gasteiger partial charge in [0.25, 0.3) is 7.82 Å². The number of esters is 2. The number of hydrogen-bond acceptors (Lipinski definition) is 8. The molecule has 0 amide bonds. The normalized spacial score (nSPS) is 13.2. The highest BCUT2D eigenvalue weighted by atomic mass is 31.2. The van der Waals surface area contributed by atoms with Crippen LogP contribution in [0.15, 0.2) is 12.2 Å². The predicted octanol–water partition coefficient (Wildman–Crippen LogP) is 19.4. The molecule has 0 aromatic heterocycles. The highest BCUT2D eigenvalue weighted by Gasteiger charge is 2.22. The van der Waals surface area contributed by atoms with Gasteiger partial charge in [-0.3, -0.25) is 14.2 Å². The van der Waals surface area contributed by atoms with E-state index in [0.29, 0.717) is 17.4 Å². The molecule has 0 N–H and O–H groups in total. The maximum absolute atomic E-state index is 12.8. The van der Waals surface area contributed by atoms with E-state index in [2.05, 4.69) is 26.0 Å². The minimum absolute atomic E-state index is 0.0261. The Morgan fingerprint density at radius 2 is 0.699 bits per heavy atom. The van der Waals surface area contributed by atoms with Gasteiger partial charge < -0.3 is 27.9 Å². The lowest BCUT2D eigenvalue weighted by molar-refractivity contribution is -0.870. The van der Waals surface area contributed by atoms with E-state index in [9.17, 15) is 19.0 Å². The molecule has 0 aromatic carbocycles. The first-order chi connectivity index (χ1) is 35.5. The minimum Gasteiger partial charge on any atom is -0.756 e. The van der Waals surface area contributed by atoms with Crippen LogP contribution in [0.4, 0.5) is 0 Å². The third-order valence-electron chi connectivity index (χ3n) is 14.5. The van der Waals surface area contributed by atoms with Gasteiger partial charge in [0, 0.05) is 12.8 Å². The minimum atomic E-state index is -4.63. The Balaban J connectivity index is 4.00. The maximum Gasteiger partial charge on any atom is 0.306 e. The fourth-order valence-corrected chi connectivity index (χ4v) is 10.3. The van der Waals surface area contributed by atoms with Crippen LogP contribution in [0.5, 0.6) is 0 Å². The zero-order valence-electron chi connectivity index (χ0n) is 49.4. The first-order valence-electron chi connectivity index (χ1n) is 31.9. The Bertz CT molecular complexity index is 1240. The van der Waals surface area contributed by atoms with Crippen LogP contribution < -0.4 is 4.89 Å². The van der Waals surface area contributed by atoms with E-state index in [1.165, 1.54) is 263 Å². The van der Waals surface area contributed by atoms with E-state index in [1.807, 2.05) is 21.1 Å². The number of phosphoric ester groups is 1. The summed E-state index contributed by atoms with van der Waals surface area (Å²) < 4.78 is 34.2. The van der Waals surface area contributed by atoms with E-state index in [0.717, 1.165) is 32.1 Å². The van der Waals surface area contributed by atoms with Gasteiger partial charge in [-0.15, -0.1) is 0 Å². The highest BCUT2D eigenvalue weighted by Crippen LogP contribution is 2.38. The van der Waals surface area contributed by atoms with Gasteiger partial charge in [-0.25, -0.2) is 0 Å². The van der Waals surface area contributed by atoms with Crippen molar-refractivity contribution in [2.24, 2.45) is 0 Å². The fourth-order valence-electron chi connectivity index (χ4n) is 9.60. The molecule has 0 radical (unpaired) electrons. The van der Waals surface area contributed by atoms with Gasteiger partial charge in [0.15, 0.2) is 6.10 Å². The van der Waals surface area contributed by atoms with E-state index in [1.54, 1.807) is 0 Å². The monoisotopic (exact) mass is 1050 g/mol. The number of ether oxygens (including phenoxy) is 2. The summed E-state index contributed by atoms with van der Waals surface area (Å²) in [5, 5.41) is 0. The molecule has 0 rings (SSSR count). The molecule has 2 unspecified atom stereocenters. The van der Waals surface area contributed by atoms with E-state index in [4.69, 9.17) is 18.5 Å². The largest absolute Gasteiger partial charge is 0.756 e. The predicted molar refractivity (Wildman–Crippen MR) is 310 cm³/mol. The Hall–Kier alpha value is -1.25. The van der Waals surface area contributed by atoms with Gasteiger partial charge >= 0.3 is 11.9 Å². The third-order valence-corrected chi connectivity index (χ3v) is 15.5. The van der Waals surface area contributed by atoms with Crippen LogP contribution in [0.1, 0.15) is 328 Å². The van der Waals surface area contributed by atoms with Gasteiger partial charge in [0.05, 0.1) is 27.7 Å². The van der Waals surface area contributed by atoms with E-state index < -0.39 is 26.5 Å². The summed E-state index contributed by atoms with van der Waals surface area (Å²) >= 11 is 0. The standard InChI is InChI=1S/C63H124NO8P/c1-6-8-10-12-14-16-18-20-22-24-26-27-28-29-30-31-32-33-34-35-36-37-38-40-42-44-46-48-50-52-54-56-63(66)72-61(60-71-73(67,68)70-58-57-64(3,4)5)59-69-62(65)55-53-51-49-47-45-43-41-39-25-23-21-19-17-15-13-11-9-7-2/h24,26,61H,6-23,25,27-60H2,1-5H3/b26-24-. The molecule has 10 heteroatoms. The lowest BCUT2D eigenvalue weighted by Crippen LogP contribution is -2.37. The molecular weight excluding hydrogens is 930 g/mol. The molecule has 0 spiro atoms. The number of unbranched alkanes of at least 4 members (excludes halogenated alkanes) is 44. The second-order valence-electron chi connectivity index (χ2n) is 23.1. The SMILES string of the molecule is CCCCCCCCCC/C=C\CCCCCCCCCCCCCCCCCCCCCC(=O)OC(COC(=O)CCCCCCCCCCCCCCCCCCCC)COP(=O)([O-])OCC[N+](C)(C)C. The molecule has 0 heterocycles. The van der Waals surface area contributed by atoms with Gasteiger partial charge in [-0.2, -0.15) is 0 Å². The van der Waals surface area contributed by atoms with Crippen LogP contribution in [0, 0.1) is 0 Å². The lowest BCUT2D eigenvalue weighted by Gasteiger charge is -2.28. The third kappa shape index (κ3) is 59.8. The first kappa shape index (κ1) is 71.8. The molecule has 434 valence electrons. The highest BCUT2D eigenvalue weighted by molar-refractivity contribution is 7.45. The van der Waals surface area contributed by atoms with Crippen molar-refractivity contribution < 1.29 is 42.1 Å². The molecule has 0 saturated carbocycles. The number of hydrogen-bond donors (Lipinski definition) is 0. The lowest BCUT2D eigenvalue weighted by atomic mass is 10.0. The first-order valence-corrected chi connectivity index (χ1v) is 33.4. The van der Waals surface area contributed by atoms with Gasteiger partial charge in [-0.05, 0) is 38.5 Å². The molecule has 0 aromatic rings. The Labute approximate surface area is 454 Å². The van der Waals surface area contributed by atoms with Crippen LogP contribution in [0.25, 0.3) is 0 Å². The molecule has 0 aliphatic heterocycles. The van der Waals surface area contributed by atoms with Gasteiger partial charge in [0.2, 0.25) is 0 Å². The topological polar surface area (TPSA) is 111 Å². The van der Waals surface area contributed by atoms with Crippen molar-refractivity contribution in [1.82, 2.24) is 0 Å². The van der Waals surface area contributed by atoms with Crippen molar-refractivity contribution in [2.75, 3.05) is 47.5 Å². The van der Waals surface area contributed by atoms with E-state index >= 15 is 0 Å². The fraction of sp³-hybridized carbons (Fsp3) is 0.937. The van der Waals surface area contributed by atoms with Crippen molar-refractivity contribution in [1.29, 1.82) is 0 Å². The number of carbonyl (C=O) groups excluding carboxylic acids is 2. The number of nitrogens with zero attached hydrogens (tertiary/aromatic N) is 1. The summed E-state index contributed by atoms with van der Waals surface area (Å²) in [6.07, 6.45) is 65.6. The second kappa shape index (κ2) is 55.5. The van der Waals surface area contributed by atoms with Crippen molar-refractivity contribution in [3.05, 3.63) is 12.2 Å². The van der Waals surface area contributed by atoms with Gasteiger partial charge in [-0.1, -0.05) is 289 Å². The number of phosphoric acid groups is 1. The quantitative estimate of drug-likeness (QED) is 0.0195. The zero-order valence-corrected chi connectivity index (χ0v) is 50.3. The number of quaternary nitrogens is 1. The Morgan fingerprint density at radius 1 is 0.411 bits per heavy atom.